The van der Waals surface area contributed by atoms with Crippen LogP contribution in [0.4, 0.5) is 0 Å². The van der Waals surface area contributed by atoms with E-state index in [1.165, 1.54) is 10.4 Å². The van der Waals surface area contributed by atoms with E-state index in [0.29, 0.717) is 22.1 Å². The van der Waals surface area contributed by atoms with Gasteiger partial charge in [-0.15, -0.1) is 0 Å². The number of hydrogen-bond donors (Lipinski definition) is 1. The molecule has 0 atom stereocenters. The minimum Gasteiger partial charge on any atom is -0.322 e. The molecule has 5 rings (SSSR count). The fraction of sp³-hybridized carbons (Fsp3) is 0.125. The number of aromatic amines is 1. The van der Waals surface area contributed by atoms with Gasteiger partial charge in [-0.3, -0.25) is 4.79 Å². The number of pyridine rings is 1. The van der Waals surface area contributed by atoms with Gasteiger partial charge in [0.1, 0.15) is 15.9 Å². The number of benzene rings is 3. The minimum atomic E-state index is -3.99. The van der Waals surface area contributed by atoms with Crippen LogP contribution in [0.15, 0.2) is 82.5 Å². The summed E-state index contributed by atoms with van der Waals surface area (Å²) in [7, 11) is -3.99. The highest BCUT2D eigenvalue weighted by molar-refractivity contribution is 7.89. The molecule has 9 heteroatoms. The average molecular weight is 477 g/mol. The average Bonchev–Trinajstić information content (AvgIpc) is 3.29. The molecule has 0 aliphatic rings. The lowest BCUT2D eigenvalue weighted by Gasteiger charge is -2.22. The van der Waals surface area contributed by atoms with E-state index >= 15 is 0 Å². The maximum absolute atomic E-state index is 13.8. The number of H-pyrrole nitrogens is 1. The van der Waals surface area contributed by atoms with Gasteiger partial charge in [0.15, 0.2) is 0 Å². The second-order valence-electron chi connectivity index (χ2n) is 7.86. The summed E-state index contributed by atoms with van der Waals surface area (Å²) in [6.07, 6.45) is 0. The number of aryl methyl sites for hydroxylation is 1. The van der Waals surface area contributed by atoms with Crippen LogP contribution in [0.5, 0.6) is 0 Å². The number of hydrogen-bond acceptors (Lipinski definition) is 6. The summed E-state index contributed by atoms with van der Waals surface area (Å²) in [6.45, 7) is 2.01. The highest BCUT2D eigenvalue weighted by atomic mass is 32.2. The topological polar surface area (TPSA) is 96.0 Å². The normalized spacial score (nSPS) is 12.1. The van der Waals surface area contributed by atoms with Gasteiger partial charge in [0, 0.05) is 24.2 Å². The van der Waals surface area contributed by atoms with Crippen molar-refractivity contribution in [2.45, 2.75) is 24.9 Å². The molecule has 2 aromatic heterocycles. The number of nitrogens with zero attached hydrogens (tertiary/aromatic N) is 3. The zero-order valence-electron chi connectivity index (χ0n) is 17.7. The Morgan fingerprint density at radius 2 is 1.76 bits per heavy atom. The van der Waals surface area contributed by atoms with Crippen molar-refractivity contribution in [2.24, 2.45) is 0 Å². The van der Waals surface area contributed by atoms with Crippen molar-refractivity contribution in [2.75, 3.05) is 0 Å². The number of sulfonamides is 1. The Labute approximate surface area is 194 Å². The van der Waals surface area contributed by atoms with Crippen LogP contribution >= 0.6 is 11.7 Å². The largest absolute Gasteiger partial charge is 0.322 e. The Hall–Kier alpha value is -3.40. The van der Waals surface area contributed by atoms with E-state index in [2.05, 4.69) is 13.7 Å². The van der Waals surface area contributed by atoms with Crippen molar-refractivity contribution in [3.63, 3.8) is 0 Å². The van der Waals surface area contributed by atoms with Gasteiger partial charge in [-0.25, -0.2) is 8.42 Å². The lowest BCUT2D eigenvalue weighted by Crippen LogP contribution is -2.32. The van der Waals surface area contributed by atoms with Crippen LogP contribution in [-0.2, 0) is 23.1 Å². The Balaban J connectivity index is 1.62. The Bertz CT molecular complexity index is 1630. The molecule has 5 aromatic rings. The van der Waals surface area contributed by atoms with Gasteiger partial charge in [0.05, 0.1) is 11.7 Å². The zero-order chi connectivity index (χ0) is 23.0. The third-order valence-corrected chi connectivity index (χ3v) is 7.86. The Kier molecular flexibility index (Phi) is 5.53. The van der Waals surface area contributed by atoms with E-state index in [0.717, 1.165) is 28.2 Å². The standard InChI is InChI=1S/C24H20N4O3S2/c1-16-10-11-20-18(12-16)13-19(24(29)25-20)15-28(14-17-6-3-2-4-7-17)33(30,31)22-9-5-8-21-23(22)27-32-26-21/h2-13H,14-15H2,1H3,(H,25,29). The number of nitrogens with one attached hydrogen (secondary N) is 1. The molecule has 0 radical (unpaired) electrons. The van der Waals surface area contributed by atoms with Crippen molar-refractivity contribution >= 4 is 43.7 Å². The molecule has 0 saturated heterocycles. The molecule has 0 spiro atoms. The first-order valence-corrected chi connectivity index (χ1v) is 12.5. The Morgan fingerprint density at radius 3 is 2.58 bits per heavy atom. The fourth-order valence-corrected chi connectivity index (χ4v) is 5.98. The summed E-state index contributed by atoms with van der Waals surface area (Å²) in [6, 6.07) is 21.7. The molecule has 0 fully saturated rings. The molecule has 0 saturated carbocycles. The monoisotopic (exact) mass is 476 g/mol. The molecule has 0 aliphatic heterocycles. The summed E-state index contributed by atoms with van der Waals surface area (Å²) in [5, 5.41) is 0.854. The molecule has 166 valence electrons. The summed E-state index contributed by atoms with van der Waals surface area (Å²) in [5.41, 5.74) is 3.51. The number of rotatable bonds is 6. The molecule has 3 aromatic carbocycles. The van der Waals surface area contributed by atoms with Gasteiger partial charge >= 0.3 is 0 Å². The first kappa shape index (κ1) is 21.4. The van der Waals surface area contributed by atoms with Crippen molar-refractivity contribution in [1.29, 1.82) is 0 Å². The molecule has 33 heavy (non-hydrogen) atoms. The Morgan fingerprint density at radius 1 is 0.939 bits per heavy atom. The van der Waals surface area contributed by atoms with Crippen LogP contribution in [0.2, 0.25) is 0 Å². The maximum atomic E-state index is 13.8. The van der Waals surface area contributed by atoms with E-state index < -0.39 is 10.0 Å². The molecule has 0 aliphatic carbocycles. The summed E-state index contributed by atoms with van der Waals surface area (Å²) in [5.74, 6) is 0. The molecule has 0 bridgehead atoms. The molecule has 1 N–H and O–H groups in total. The van der Waals surface area contributed by atoms with Crippen LogP contribution < -0.4 is 5.56 Å². The third kappa shape index (κ3) is 4.18. The number of fused-ring (bicyclic) bond motifs is 2. The first-order valence-electron chi connectivity index (χ1n) is 10.3. The SMILES string of the molecule is Cc1ccc2[nH]c(=O)c(CN(Cc3ccccc3)S(=O)(=O)c3cccc4nsnc34)cc2c1. The summed E-state index contributed by atoms with van der Waals surface area (Å²) >= 11 is 0.970. The quantitative estimate of drug-likeness (QED) is 0.396. The van der Waals surface area contributed by atoms with Crippen molar-refractivity contribution in [1.82, 2.24) is 18.0 Å². The van der Waals surface area contributed by atoms with E-state index in [1.54, 1.807) is 18.2 Å². The summed E-state index contributed by atoms with van der Waals surface area (Å²) in [4.78, 5) is 15.8. The van der Waals surface area contributed by atoms with Crippen molar-refractivity contribution in [3.8, 4) is 0 Å². The highest BCUT2D eigenvalue weighted by Gasteiger charge is 2.29. The van der Waals surface area contributed by atoms with E-state index in [9.17, 15) is 13.2 Å². The molecule has 2 heterocycles. The van der Waals surface area contributed by atoms with Crippen LogP contribution in [0.1, 0.15) is 16.7 Å². The van der Waals surface area contributed by atoms with Gasteiger partial charge in [-0.1, -0.05) is 48.0 Å². The third-order valence-electron chi connectivity index (χ3n) is 5.49. The van der Waals surface area contributed by atoms with Crippen molar-refractivity contribution in [3.05, 3.63) is 99.8 Å². The van der Waals surface area contributed by atoms with Gasteiger partial charge in [-0.05, 0) is 48.2 Å². The van der Waals surface area contributed by atoms with Crippen LogP contribution in [0.3, 0.4) is 0 Å². The predicted octanol–water partition coefficient (Wildman–Crippen LogP) is 4.23. The van der Waals surface area contributed by atoms with Crippen molar-refractivity contribution < 1.29 is 8.42 Å². The van der Waals surface area contributed by atoms with Gasteiger partial charge in [0.25, 0.3) is 5.56 Å². The molecular weight excluding hydrogens is 456 g/mol. The summed E-state index contributed by atoms with van der Waals surface area (Å²) < 4.78 is 37.4. The second kappa shape index (κ2) is 8.51. The van der Waals surface area contributed by atoms with Gasteiger partial charge < -0.3 is 4.98 Å². The van der Waals surface area contributed by atoms with Gasteiger partial charge in [0.2, 0.25) is 10.0 Å². The number of aromatic nitrogens is 3. The maximum Gasteiger partial charge on any atom is 0.252 e. The first-order chi connectivity index (χ1) is 15.9. The molecule has 7 nitrogen and oxygen atoms in total. The molecular formula is C24H20N4O3S2. The minimum absolute atomic E-state index is 0.0790. The van der Waals surface area contributed by atoms with E-state index in [-0.39, 0.29) is 23.5 Å². The van der Waals surface area contributed by atoms with E-state index in [4.69, 9.17) is 0 Å². The van der Waals surface area contributed by atoms with Crippen LogP contribution in [0, 0.1) is 6.92 Å². The van der Waals surface area contributed by atoms with Crippen LogP contribution in [0.25, 0.3) is 21.9 Å². The zero-order valence-corrected chi connectivity index (χ0v) is 19.4. The smallest absolute Gasteiger partial charge is 0.252 e. The second-order valence-corrected chi connectivity index (χ2v) is 10.3. The molecule has 0 unspecified atom stereocenters. The lowest BCUT2D eigenvalue weighted by atomic mass is 10.1. The molecule has 0 amide bonds. The fourth-order valence-electron chi connectivity index (χ4n) is 3.82. The van der Waals surface area contributed by atoms with E-state index in [1.807, 2.05) is 55.5 Å². The van der Waals surface area contributed by atoms with Gasteiger partial charge in [-0.2, -0.15) is 13.1 Å². The van der Waals surface area contributed by atoms with Crippen LogP contribution in [-0.4, -0.2) is 26.5 Å². The predicted molar refractivity (Wildman–Crippen MR) is 130 cm³/mol. The highest BCUT2D eigenvalue weighted by Crippen LogP contribution is 2.27. The lowest BCUT2D eigenvalue weighted by molar-refractivity contribution is 0.400.